The number of carbonyl (C=O) groups is 2. The number of benzene rings is 3. The number of nitrogens with zero attached hydrogens (tertiary/aromatic N) is 2. The number of piperazine rings is 1. The SMILES string of the molecule is CC(=O)N1CCN(C(=O)CC(c2cccc(Oc3ccccc3)c2)c2c[nH]c3ccccc23)CC1. The number of fused-ring (bicyclic) bond motifs is 1. The Morgan fingerprint density at radius 2 is 1.54 bits per heavy atom. The molecule has 0 spiro atoms. The molecule has 2 heterocycles. The summed E-state index contributed by atoms with van der Waals surface area (Å²) < 4.78 is 6.09. The van der Waals surface area contributed by atoms with Gasteiger partial charge in [0.05, 0.1) is 0 Å². The molecule has 0 radical (unpaired) electrons. The zero-order valence-corrected chi connectivity index (χ0v) is 19.8. The molecule has 35 heavy (non-hydrogen) atoms. The number of para-hydroxylation sites is 2. The molecule has 4 aromatic rings. The lowest BCUT2D eigenvalue weighted by molar-refractivity contribution is -0.138. The summed E-state index contributed by atoms with van der Waals surface area (Å²) in [7, 11) is 0. The van der Waals surface area contributed by atoms with Gasteiger partial charge in [0.15, 0.2) is 0 Å². The summed E-state index contributed by atoms with van der Waals surface area (Å²) in [6, 6.07) is 25.9. The fraction of sp³-hybridized carbons (Fsp3) is 0.241. The van der Waals surface area contributed by atoms with Crippen molar-refractivity contribution in [2.24, 2.45) is 0 Å². The highest BCUT2D eigenvalue weighted by Crippen LogP contribution is 2.36. The van der Waals surface area contributed by atoms with Gasteiger partial charge in [0.2, 0.25) is 11.8 Å². The minimum absolute atomic E-state index is 0.0593. The van der Waals surface area contributed by atoms with Crippen LogP contribution in [0.2, 0.25) is 0 Å². The Morgan fingerprint density at radius 1 is 0.857 bits per heavy atom. The average molecular weight is 468 g/mol. The molecule has 0 bridgehead atoms. The molecule has 0 aliphatic carbocycles. The predicted octanol–water partition coefficient (Wildman–Crippen LogP) is 5.17. The van der Waals surface area contributed by atoms with Gasteiger partial charge in [0, 0.05) is 62.5 Å². The van der Waals surface area contributed by atoms with Gasteiger partial charge in [-0.2, -0.15) is 0 Å². The van der Waals surface area contributed by atoms with E-state index in [1.807, 2.05) is 77.8 Å². The third-order valence-corrected chi connectivity index (χ3v) is 6.69. The van der Waals surface area contributed by atoms with E-state index in [4.69, 9.17) is 4.74 Å². The van der Waals surface area contributed by atoms with Crippen molar-refractivity contribution in [3.8, 4) is 11.5 Å². The number of rotatable bonds is 6. The molecule has 1 aromatic heterocycles. The van der Waals surface area contributed by atoms with Gasteiger partial charge < -0.3 is 19.5 Å². The molecular formula is C29H29N3O3. The predicted molar refractivity (Wildman–Crippen MR) is 137 cm³/mol. The van der Waals surface area contributed by atoms with E-state index in [-0.39, 0.29) is 17.7 Å². The monoisotopic (exact) mass is 467 g/mol. The number of ether oxygens (including phenoxy) is 1. The molecule has 1 unspecified atom stereocenters. The number of nitrogens with one attached hydrogen (secondary N) is 1. The van der Waals surface area contributed by atoms with E-state index in [0.29, 0.717) is 32.6 Å². The maximum absolute atomic E-state index is 13.4. The third kappa shape index (κ3) is 5.06. The van der Waals surface area contributed by atoms with Crippen LogP contribution in [0.3, 0.4) is 0 Å². The largest absolute Gasteiger partial charge is 0.457 e. The van der Waals surface area contributed by atoms with Crippen LogP contribution in [-0.2, 0) is 9.59 Å². The maximum Gasteiger partial charge on any atom is 0.223 e. The molecule has 1 N–H and O–H groups in total. The highest BCUT2D eigenvalue weighted by Gasteiger charge is 2.27. The summed E-state index contributed by atoms with van der Waals surface area (Å²) in [6.45, 7) is 3.87. The molecular weight excluding hydrogens is 438 g/mol. The standard InChI is InChI=1S/C29H29N3O3/c1-21(33)31-14-16-32(17-15-31)29(34)19-26(27-20-30-28-13-6-5-12-25(27)28)22-8-7-11-24(18-22)35-23-9-3-2-4-10-23/h2-13,18,20,26,30H,14-17,19H2,1H3. The van der Waals surface area contributed by atoms with E-state index in [1.54, 1.807) is 11.8 Å². The zero-order chi connectivity index (χ0) is 24.2. The van der Waals surface area contributed by atoms with Gasteiger partial charge in [-0.1, -0.05) is 48.5 Å². The molecule has 3 aromatic carbocycles. The minimum Gasteiger partial charge on any atom is -0.457 e. The van der Waals surface area contributed by atoms with Crippen LogP contribution in [0.15, 0.2) is 85.1 Å². The fourth-order valence-electron chi connectivity index (χ4n) is 4.78. The van der Waals surface area contributed by atoms with Crippen molar-refractivity contribution in [2.45, 2.75) is 19.3 Å². The second-order valence-electron chi connectivity index (χ2n) is 8.92. The van der Waals surface area contributed by atoms with Crippen LogP contribution < -0.4 is 4.74 Å². The van der Waals surface area contributed by atoms with E-state index in [0.717, 1.165) is 33.5 Å². The topological polar surface area (TPSA) is 65.6 Å². The van der Waals surface area contributed by atoms with Crippen LogP contribution >= 0.6 is 0 Å². The molecule has 2 amide bonds. The lowest BCUT2D eigenvalue weighted by Gasteiger charge is -2.35. The molecule has 5 rings (SSSR count). The van der Waals surface area contributed by atoms with Crippen molar-refractivity contribution in [3.05, 3.63) is 96.2 Å². The van der Waals surface area contributed by atoms with E-state index >= 15 is 0 Å². The van der Waals surface area contributed by atoms with Gasteiger partial charge >= 0.3 is 0 Å². The van der Waals surface area contributed by atoms with Crippen molar-refractivity contribution in [2.75, 3.05) is 26.2 Å². The van der Waals surface area contributed by atoms with E-state index < -0.39 is 0 Å². The summed E-state index contributed by atoms with van der Waals surface area (Å²) in [5, 5.41) is 1.11. The van der Waals surface area contributed by atoms with Gasteiger partial charge in [0.1, 0.15) is 11.5 Å². The Labute approximate surface area is 205 Å². The van der Waals surface area contributed by atoms with Crippen LogP contribution in [-0.4, -0.2) is 52.8 Å². The summed E-state index contributed by atoms with van der Waals surface area (Å²) in [5.74, 6) is 1.53. The molecule has 178 valence electrons. The summed E-state index contributed by atoms with van der Waals surface area (Å²) >= 11 is 0. The molecule has 1 fully saturated rings. The van der Waals surface area contributed by atoms with Crippen molar-refractivity contribution < 1.29 is 14.3 Å². The Balaban J connectivity index is 1.44. The molecule has 1 saturated heterocycles. The smallest absolute Gasteiger partial charge is 0.223 e. The first-order valence-corrected chi connectivity index (χ1v) is 12.0. The summed E-state index contributed by atoms with van der Waals surface area (Å²) in [4.78, 5) is 32.2. The van der Waals surface area contributed by atoms with Gasteiger partial charge in [-0.3, -0.25) is 9.59 Å². The number of aromatic amines is 1. The maximum atomic E-state index is 13.4. The molecule has 1 atom stereocenters. The van der Waals surface area contributed by atoms with Crippen molar-refractivity contribution >= 4 is 22.7 Å². The number of H-pyrrole nitrogens is 1. The summed E-state index contributed by atoms with van der Waals surface area (Å²) in [6.07, 6.45) is 2.36. The van der Waals surface area contributed by atoms with Crippen molar-refractivity contribution in [1.82, 2.24) is 14.8 Å². The van der Waals surface area contributed by atoms with Crippen LogP contribution in [0.4, 0.5) is 0 Å². The molecule has 6 heteroatoms. The molecule has 0 saturated carbocycles. The van der Waals surface area contributed by atoms with Crippen LogP contribution in [0, 0.1) is 0 Å². The van der Waals surface area contributed by atoms with Gasteiger partial charge in [-0.15, -0.1) is 0 Å². The Bertz CT molecular complexity index is 1320. The Hall–Kier alpha value is -4.06. The average Bonchev–Trinajstić information content (AvgIpc) is 3.32. The second kappa shape index (κ2) is 10.1. The molecule has 6 nitrogen and oxygen atoms in total. The number of hydrogen-bond donors (Lipinski definition) is 1. The normalized spacial score (nSPS) is 14.7. The van der Waals surface area contributed by atoms with Gasteiger partial charge in [-0.05, 0) is 41.5 Å². The first-order chi connectivity index (χ1) is 17.1. The number of hydrogen-bond acceptors (Lipinski definition) is 3. The van der Waals surface area contributed by atoms with Gasteiger partial charge in [0.25, 0.3) is 0 Å². The fourth-order valence-corrected chi connectivity index (χ4v) is 4.78. The molecule has 1 aliphatic rings. The Morgan fingerprint density at radius 3 is 2.31 bits per heavy atom. The first-order valence-electron chi connectivity index (χ1n) is 12.0. The summed E-state index contributed by atoms with van der Waals surface area (Å²) in [5.41, 5.74) is 3.17. The first kappa shape index (κ1) is 22.7. The lowest BCUT2D eigenvalue weighted by Crippen LogP contribution is -2.50. The van der Waals surface area contributed by atoms with Crippen molar-refractivity contribution in [3.63, 3.8) is 0 Å². The third-order valence-electron chi connectivity index (χ3n) is 6.69. The highest BCUT2D eigenvalue weighted by atomic mass is 16.5. The Kier molecular flexibility index (Phi) is 6.53. The van der Waals surface area contributed by atoms with E-state index in [2.05, 4.69) is 17.1 Å². The second-order valence-corrected chi connectivity index (χ2v) is 8.92. The number of amides is 2. The number of aromatic nitrogens is 1. The zero-order valence-electron chi connectivity index (χ0n) is 19.8. The quantitative estimate of drug-likeness (QED) is 0.425. The van der Waals surface area contributed by atoms with Gasteiger partial charge in [-0.25, -0.2) is 0 Å². The highest BCUT2D eigenvalue weighted by molar-refractivity contribution is 5.86. The van der Waals surface area contributed by atoms with Crippen molar-refractivity contribution in [1.29, 1.82) is 0 Å². The lowest BCUT2D eigenvalue weighted by atomic mass is 9.87. The minimum atomic E-state index is -0.135. The van der Waals surface area contributed by atoms with Crippen LogP contribution in [0.25, 0.3) is 10.9 Å². The van der Waals surface area contributed by atoms with E-state index in [9.17, 15) is 9.59 Å². The number of carbonyl (C=O) groups excluding carboxylic acids is 2. The molecule has 1 aliphatic heterocycles. The van der Waals surface area contributed by atoms with E-state index in [1.165, 1.54) is 0 Å². The van der Waals surface area contributed by atoms with Crippen LogP contribution in [0.1, 0.15) is 30.4 Å². The van der Waals surface area contributed by atoms with Crippen LogP contribution in [0.5, 0.6) is 11.5 Å².